The first-order chi connectivity index (χ1) is 11.5. The fourth-order valence-electron chi connectivity index (χ4n) is 2.21. The van der Waals surface area contributed by atoms with Gasteiger partial charge in [-0.3, -0.25) is 4.79 Å². The minimum Gasteiger partial charge on any atom is -0.452 e. The van der Waals surface area contributed by atoms with Crippen molar-refractivity contribution in [2.75, 3.05) is 6.61 Å². The van der Waals surface area contributed by atoms with Crippen LogP contribution in [0.3, 0.4) is 0 Å². The highest BCUT2D eigenvalue weighted by atomic mass is 19.1. The lowest BCUT2D eigenvalue weighted by atomic mass is 10.1. The Morgan fingerprint density at radius 1 is 1.08 bits per heavy atom. The first-order valence-corrected chi connectivity index (χ1v) is 7.80. The summed E-state index contributed by atoms with van der Waals surface area (Å²) in [5, 5.41) is 2.70. The summed E-state index contributed by atoms with van der Waals surface area (Å²) in [4.78, 5) is 23.8. The number of carbonyl (C=O) groups excluding carboxylic acids is 2. The monoisotopic (exact) mass is 329 g/mol. The van der Waals surface area contributed by atoms with Crippen molar-refractivity contribution in [1.82, 2.24) is 5.32 Å². The van der Waals surface area contributed by atoms with E-state index in [0.717, 1.165) is 17.5 Å². The van der Waals surface area contributed by atoms with Crippen molar-refractivity contribution < 1.29 is 18.7 Å². The highest BCUT2D eigenvalue weighted by molar-refractivity contribution is 5.91. The molecule has 0 bridgehead atoms. The minimum atomic E-state index is -0.540. The number of halogens is 1. The van der Waals surface area contributed by atoms with Crippen molar-refractivity contribution in [3.63, 3.8) is 0 Å². The number of carbonyl (C=O) groups is 2. The van der Waals surface area contributed by atoms with Crippen molar-refractivity contribution in [1.29, 1.82) is 0 Å². The lowest BCUT2D eigenvalue weighted by Gasteiger charge is -2.14. The molecule has 2 aromatic rings. The molecule has 0 unspecified atom stereocenters. The summed E-state index contributed by atoms with van der Waals surface area (Å²) in [6.45, 7) is 3.44. The number of hydrogen-bond donors (Lipinski definition) is 1. The third kappa shape index (κ3) is 4.91. The molecule has 0 aliphatic heterocycles. The van der Waals surface area contributed by atoms with Gasteiger partial charge in [0.2, 0.25) is 0 Å². The van der Waals surface area contributed by atoms with Gasteiger partial charge in [-0.2, -0.15) is 0 Å². The first-order valence-electron chi connectivity index (χ1n) is 7.80. The zero-order chi connectivity index (χ0) is 17.5. The molecule has 24 heavy (non-hydrogen) atoms. The van der Waals surface area contributed by atoms with E-state index in [4.69, 9.17) is 4.74 Å². The lowest BCUT2D eigenvalue weighted by Crippen LogP contribution is -2.31. The van der Waals surface area contributed by atoms with E-state index in [1.165, 1.54) is 12.1 Å². The van der Waals surface area contributed by atoms with Gasteiger partial charge in [0.15, 0.2) is 6.61 Å². The molecule has 0 saturated heterocycles. The molecule has 126 valence electrons. The Kier molecular flexibility index (Phi) is 6.07. The largest absolute Gasteiger partial charge is 0.452 e. The van der Waals surface area contributed by atoms with Gasteiger partial charge in [0, 0.05) is 0 Å². The number of benzene rings is 2. The second-order valence-corrected chi connectivity index (χ2v) is 5.47. The Labute approximate surface area is 140 Å². The van der Waals surface area contributed by atoms with Gasteiger partial charge in [0.05, 0.1) is 11.6 Å². The number of nitrogens with one attached hydrogen (secondary N) is 1. The molecule has 2 rings (SSSR count). The number of amides is 1. The van der Waals surface area contributed by atoms with Crippen molar-refractivity contribution in [2.24, 2.45) is 0 Å². The highest BCUT2D eigenvalue weighted by Crippen LogP contribution is 2.12. The summed E-state index contributed by atoms with van der Waals surface area (Å²) in [7, 11) is 0. The molecular formula is C19H20FNO3. The normalized spacial score (nSPS) is 11.6. The topological polar surface area (TPSA) is 55.4 Å². The number of ether oxygens (including phenoxy) is 1. The SMILES string of the molecule is CCc1ccc(C(=O)OCC(=O)N[C@H](C)c2ccc(F)cc2)cc1. The molecule has 4 nitrogen and oxygen atoms in total. The van der Waals surface area contributed by atoms with Gasteiger partial charge in [-0.05, 0) is 48.7 Å². The van der Waals surface area contributed by atoms with Crippen LogP contribution in [0.2, 0.25) is 0 Å². The van der Waals surface area contributed by atoms with Crippen LogP contribution in [0.5, 0.6) is 0 Å². The molecule has 1 atom stereocenters. The summed E-state index contributed by atoms with van der Waals surface area (Å²) >= 11 is 0. The van der Waals surface area contributed by atoms with Crippen LogP contribution in [0, 0.1) is 5.82 Å². The molecule has 0 saturated carbocycles. The van der Waals surface area contributed by atoms with Gasteiger partial charge in [0.1, 0.15) is 5.82 Å². The molecule has 0 radical (unpaired) electrons. The summed E-state index contributed by atoms with van der Waals surface area (Å²) in [5.74, 6) is -1.28. The zero-order valence-corrected chi connectivity index (χ0v) is 13.7. The molecule has 1 amide bonds. The van der Waals surface area contributed by atoms with Crippen LogP contribution in [0.15, 0.2) is 48.5 Å². The second kappa shape index (κ2) is 8.24. The maximum Gasteiger partial charge on any atom is 0.338 e. The number of rotatable bonds is 6. The number of esters is 1. The maximum absolute atomic E-state index is 12.9. The van der Waals surface area contributed by atoms with E-state index in [1.54, 1.807) is 31.2 Å². The molecule has 0 aliphatic carbocycles. The Balaban J connectivity index is 1.83. The number of aryl methyl sites for hydroxylation is 1. The van der Waals surface area contributed by atoms with Gasteiger partial charge in [-0.15, -0.1) is 0 Å². The average Bonchev–Trinajstić information content (AvgIpc) is 2.60. The van der Waals surface area contributed by atoms with E-state index in [1.807, 2.05) is 19.1 Å². The smallest absolute Gasteiger partial charge is 0.338 e. The molecule has 5 heteroatoms. The van der Waals surface area contributed by atoms with Gasteiger partial charge >= 0.3 is 5.97 Å². The van der Waals surface area contributed by atoms with E-state index < -0.39 is 11.9 Å². The Morgan fingerprint density at radius 2 is 1.71 bits per heavy atom. The predicted octanol–water partition coefficient (Wildman–Crippen LogP) is 3.42. The van der Waals surface area contributed by atoms with Gasteiger partial charge in [-0.25, -0.2) is 9.18 Å². The molecule has 0 spiro atoms. The molecule has 2 aromatic carbocycles. The van der Waals surface area contributed by atoms with E-state index in [9.17, 15) is 14.0 Å². The quantitative estimate of drug-likeness (QED) is 0.826. The average molecular weight is 329 g/mol. The molecule has 0 aromatic heterocycles. The van der Waals surface area contributed by atoms with Crippen LogP contribution in [0.1, 0.15) is 41.4 Å². The molecule has 0 aliphatic rings. The summed E-state index contributed by atoms with van der Waals surface area (Å²) < 4.78 is 17.9. The molecule has 1 N–H and O–H groups in total. The molecular weight excluding hydrogens is 309 g/mol. The van der Waals surface area contributed by atoms with Crippen molar-refractivity contribution >= 4 is 11.9 Å². The van der Waals surface area contributed by atoms with Crippen LogP contribution in [0.4, 0.5) is 4.39 Å². The Morgan fingerprint density at radius 3 is 2.29 bits per heavy atom. The summed E-state index contributed by atoms with van der Waals surface area (Å²) in [6, 6.07) is 12.6. The fraction of sp³-hybridized carbons (Fsp3) is 0.263. The minimum absolute atomic E-state index is 0.305. The van der Waals surface area contributed by atoms with E-state index in [0.29, 0.717) is 5.56 Å². The molecule has 0 heterocycles. The van der Waals surface area contributed by atoms with Crippen molar-refractivity contribution in [3.05, 3.63) is 71.0 Å². The van der Waals surface area contributed by atoms with Gasteiger partial charge < -0.3 is 10.1 Å². The van der Waals surface area contributed by atoms with E-state index in [-0.39, 0.29) is 18.5 Å². The van der Waals surface area contributed by atoms with Crippen molar-refractivity contribution in [3.8, 4) is 0 Å². The van der Waals surface area contributed by atoms with E-state index >= 15 is 0 Å². The summed E-state index contributed by atoms with van der Waals surface area (Å²) in [5.41, 5.74) is 2.30. The Hall–Kier alpha value is -2.69. The number of hydrogen-bond acceptors (Lipinski definition) is 3. The van der Waals surface area contributed by atoms with Crippen molar-refractivity contribution in [2.45, 2.75) is 26.3 Å². The third-order valence-corrected chi connectivity index (χ3v) is 3.68. The highest BCUT2D eigenvalue weighted by Gasteiger charge is 2.13. The predicted molar refractivity (Wildman–Crippen MR) is 89.1 cm³/mol. The lowest BCUT2D eigenvalue weighted by molar-refractivity contribution is -0.124. The van der Waals surface area contributed by atoms with Crippen LogP contribution >= 0.6 is 0 Å². The van der Waals surface area contributed by atoms with Gasteiger partial charge in [-0.1, -0.05) is 31.2 Å². The first kappa shape index (κ1) is 17.7. The van der Waals surface area contributed by atoms with Crippen LogP contribution in [0.25, 0.3) is 0 Å². The van der Waals surface area contributed by atoms with Crippen LogP contribution < -0.4 is 5.32 Å². The maximum atomic E-state index is 12.9. The molecule has 0 fully saturated rings. The standard InChI is InChI=1S/C19H20FNO3/c1-3-14-4-6-16(7-5-14)19(23)24-12-18(22)21-13(2)15-8-10-17(20)11-9-15/h4-11,13H,3,12H2,1-2H3,(H,21,22)/t13-/m1/s1. The Bertz CT molecular complexity index is 696. The van der Waals surface area contributed by atoms with Gasteiger partial charge in [0.25, 0.3) is 5.91 Å². The zero-order valence-electron chi connectivity index (χ0n) is 13.7. The fourth-order valence-corrected chi connectivity index (χ4v) is 2.21. The second-order valence-electron chi connectivity index (χ2n) is 5.47. The third-order valence-electron chi connectivity index (χ3n) is 3.68. The van der Waals surface area contributed by atoms with E-state index in [2.05, 4.69) is 5.32 Å². The van der Waals surface area contributed by atoms with Crippen LogP contribution in [-0.4, -0.2) is 18.5 Å². The summed E-state index contributed by atoms with van der Waals surface area (Å²) in [6.07, 6.45) is 0.888. The van der Waals surface area contributed by atoms with Crippen LogP contribution in [-0.2, 0) is 16.0 Å².